The number of hydrogen-bond donors (Lipinski definition) is 9. The summed E-state index contributed by atoms with van der Waals surface area (Å²) < 4.78 is 69.9. The number of carbonyl (C=O) groups is 4. The zero-order chi connectivity index (χ0) is 53.9. The molecule has 0 aliphatic carbocycles. The predicted molar refractivity (Wildman–Crippen MR) is 340 cm³/mol. The summed E-state index contributed by atoms with van der Waals surface area (Å²) >= 11 is 0. The van der Waals surface area contributed by atoms with Crippen LogP contribution in [0.2, 0.25) is 96.7 Å². The molecule has 0 amide bonds. The molecule has 0 aliphatic heterocycles. The van der Waals surface area contributed by atoms with Gasteiger partial charge >= 0.3 is 50.2 Å². The predicted octanol–water partition coefficient (Wildman–Crippen LogP) is 10.5. The first kappa shape index (κ1) is 112. The molecule has 0 aromatic carbocycles. The minimum absolute atomic E-state index is 0. The molecule has 0 aliphatic rings. The van der Waals surface area contributed by atoms with Crippen LogP contribution in [-0.2, 0) is 68.5 Å². The summed E-state index contributed by atoms with van der Waals surface area (Å²) in [4.78, 5) is 75.0. The average Bonchev–Trinajstić information content (AvgIpc) is 3.11. The van der Waals surface area contributed by atoms with E-state index in [1.165, 1.54) is 0 Å². The Morgan fingerprint density at radius 3 is 0.974 bits per heavy atom. The molecular formula is C46H128N2O22P2Si6. The molecule has 488 valence electrons. The Labute approximate surface area is 483 Å². The third kappa shape index (κ3) is 91.6. The molecule has 0 saturated carbocycles. The van der Waals surface area contributed by atoms with Crippen molar-refractivity contribution in [2.45, 2.75) is 197 Å². The van der Waals surface area contributed by atoms with Crippen LogP contribution >= 0.6 is 15.2 Å². The SMILES string of the molecule is C.C.C.C.C.C.C.C.C.C.C[Si](C)(CCCN)O[Si](C)(C)O[Si](C)(C)CCCN.C[Si](C)(COC=O)O[Si](C)(C)O[Si](C)(C)CC(=O)O.O=C(O)COCCOCC(=O)O.O=P(O)(O)CCCOCCOCCCP(=O)(O)O. The van der Waals surface area contributed by atoms with E-state index in [4.69, 9.17) is 77.0 Å². The van der Waals surface area contributed by atoms with Crippen LogP contribution in [-0.4, -0.2) is 194 Å². The lowest BCUT2D eigenvalue weighted by atomic mass is 10.5. The van der Waals surface area contributed by atoms with E-state index in [9.17, 15) is 28.3 Å². The first-order valence-electron chi connectivity index (χ1n) is 22.1. The van der Waals surface area contributed by atoms with Gasteiger partial charge in [0.1, 0.15) is 19.4 Å². The second-order valence-corrected chi connectivity index (χ2v) is 46.7. The maximum atomic E-state index is 10.8. The molecule has 24 nitrogen and oxygen atoms in total. The molecule has 0 heterocycles. The topological polar surface area (TPSA) is 379 Å². The highest BCUT2D eigenvalue weighted by atomic mass is 31.2. The van der Waals surface area contributed by atoms with Gasteiger partial charge in [0, 0.05) is 13.2 Å². The van der Waals surface area contributed by atoms with E-state index in [0.717, 1.165) is 38.0 Å². The molecule has 0 aromatic rings. The smallest absolute Gasteiger partial charge is 0.329 e. The maximum Gasteiger partial charge on any atom is 0.329 e. The van der Waals surface area contributed by atoms with E-state index < -0.39 is 96.7 Å². The molecule has 0 fully saturated rings. The highest BCUT2D eigenvalue weighted by Crippen LogP contribution is 2.35. The van der Waals surface area contributed by atoms with Crippen LogP contribution in [0.4, 0.5) is 0 Å². The summed E-state index contributed by atoms with van der Waals surface area (Å²) in [6.07, 6.45) is 2.55. The van der Waals surface area contributed by atoms with Crippen LogP contribution < -0.4 is 11.5 Å². The Kier molecular flexibility index (Phi) is 83.2. The average molecular weight is 1290 g/mol. The third-order valence-corrected chi connectivity index (χ3v) is 31.4. The van der Waals surface area contributed by atoms with Crippen LogP contribution in [0.1, 0.15) is 99.9 Å². The Morgan fingerprint density at radius 1 is 0.436 bits per heavy atom. The van der Waals surface area contributed by atoms with Crippen LogP contribution in [0.25, 0.3) is 0 Å². The quantitative estimate of drug-likeness (QED) is 0.0121. The number of carbonyl (C=O) groups excluding carboxylic acids is 1. The van der Waals surface area contributed by atoms with Crippen molar-refractivity contribution in [3.05, 3.63) is 0 Å². The Morgan fingerprint density at radius 2 is 0.718 bits per heavy atom. The fourth-order valence-corrected chi connectivity index (χ4v) is 34.1. The molecule has 0 spiro atoms. The van der Waals surface area contributed by atoms with E-state index in [1.807, 2.05) is 39.3 Å². The van der Waals surface area contributed by atoms with E-state index in [0.29, 0.717) is 6.47 Å². The van der Waals surface area contributed by atoms with Gasteiger partial charge < -0.3 is 86.5 Å². The molecular weight excluding hydrogens is 1160 g/mol. The van der Waals surface area contributed by atoms with Crippen LogP contribution in [0.15, 0.2) is 0 Å². The zero-order valence-electron chi connectivity index (χ0n) is 42.5. The van der Waals surface area contributed by atoms with Gasteiger partial charge in [-0.1, -0.05) is 74.3 Å². The first-order valence-corrected chi connectivity index (χ1v) is 43.8. The Balaban J connectivity index is -0.0000000565. The first-order chi connectivity index (χ1) is 30.8. The second kappa shape index (κ2) is 57.9. The Hall–Kier alpha value is -0.919. The normalized spacial score (nSPS) is 11.1. The van der Waals surface area contributed by atoms with Gasteiger partial charge in [0.15, 0.2) is 25.0 Å². The van der Waals surface area contributed by atoms with Gasteiger partial charge in [-0.15, -0.1) is 0 Å². The number of nitrogens with two attached hydrogens (primary N) is 2. The van der Waals surface area contributed by atoms with Crippen molar-refractivity contribution < 1.29 is 103 Å². The molecule has 32 heteroatoms. The van der Waals surface area contributed by atoms with Crippen molar-refractivity contribution in [1.82, 2.24) is 0 Å². The molecule has 0 atom stereocenters. The summed E-state index contributed by atoms with van der Waals surface area (Å²) in [5.74, 6) is -2.97. The highest BCUT2D eigenvalue weighted by Gasteiger charge is 2.41. The molecule has 0 unspecified atom stereocenters. The van der Waals surface area contributed by atoms with E-state index in [-0.39, 0.29) is 151 Å². The molecule has 0 saturated heterocycles. The molecule has 0 aromatic heterocycles. The maximum absolute atomic E-state index is 10.8. The molecule has 0 bridgehead atoms. The van der Waals surface area contributed by atoms with Crippen LogP contribution in [0.5, 0.6) is 0 Å². The van der Waals surface area contributed by atoms with Crippen molar-refractivity contribution >= 4 is 90.0 Å². The van der Waals surface area contributed by atoms with Crippen molar-refractivity contribution in [3.63, 3.8) is 0 Å². The minimum atomic E-state index is -3.94. The zero-order valence-corrected chi connectivity index (χ0v) is 50.3. The van der Waals surface area contributed by atoms with Crippen LogP contribution in [0.3, 0.4) is 0 Å². The fourth-order valence-electron chi connectivity index (χ4n) is 6.03. The van der Waals surface area contributed by atoms with Crippen molar-refractivity contribution in [1.29, 1.82) is 0 Å². The van der Waals surface area contributed by atoms with Crippen molar-refractivity contribution in [3.8, 4) is 0 Å². The van der Waals surface area contributed by atoms with E-state index >= 15 is 0 Å². The Bertz CT molecular complexity index is 1410. The van der Waals surface area contributed by atoms with E-state index in [1.54, 1.807) is 0 Å². The highest BCUT2D eigenvalue weighted by molar-refractivity contribution is 7.52. The third-order valence-electron chi connectivity index (χ3n) is 7.80. The van der Waals surface area contributed by atoms with Gasteiger partial charge in [0.25, 0.3) is 6.47 Å². The molecule has 0 radical (unpaired) electrons. The lowest BCUT2D eigenvalue weighted by Gasteiger charge is -2.38. The molecule has 0 rings (SSSR count). The summed E-state index contributed by atoms with van der Waals surface area (Å²) in [6.45, 7) is 27.3. The second-order valence-electron chi connectivity index (χ2n) is 18.6. The summed E-state index contributed by atoms with van der Waals surface area (Å²) in [6, 6.07) is 2.29. The lowest BCUT2D eigenvalue weighted by molar-refractivity contribution is -0.146. The number of carboxylic acids is 3. The number of rotatable bonds is 37. The number of carboxylic acid groups (broad SMARTS) is 3. The van der Waals surface area contributed by atoms with E-state index in [2.05, 4.69) is 48.8 Å². The van der Waals surface area contributed by atoms with Gasteiger partial charge in [0.2, 0.25) is 8.32 Å². The lowest BCUT2D eigenvalue weighted by Crippen LogP contribution is -2.54. The number of aliphatic carboxylic acids is 3. The largest absolute Gasteiger partial charge is 0.481 e. The molecule has 78 heavy (non-hydrogen) atoms. The summed E-state index contributed by atoms with van der Waals surface area (Å²) in [7, 11) is -20.0. The van der Waals surface area contributed by atoms with Gasteiger partial charge in [-0.2, -0.15) is 0 Å². The van der Waals surface area contributed by atoms with Crippen molar-refractivity contribution in [2.24, 2.45) is 11.5 Å². The van der Waals surface area contributed by atoms with Gasteiger partial charge in [0.05, 0.1) is 44.8 Å². The standard InChI is InChI=1S/C12H34N2O2Si3.C10H24O6Si3.C8H20O8P2.C6H10O6.10CH4/c1-17(2,11-7-9-13)15-19(5,6)16-18(3,4)12-8-10-14;1-17(2,7-10(12)13)15-19(5,6)16-18(3,4)9-14-8-11;9-17(10,11)7-1-3-15-5-6-16-4-2-8-18(12,13)14;7-5(8)3-11-1-2-12-4-6(9)10;;;;;;;;;;/h7-14H2,1-6H3;8H,7,9H2,1-6H3,(H,12,13);1-8H2,(H2,9,10,11)(H2,12,13,14);1-4H2,(H,7,8)(H,9,10);10*1H4. The monoisotopic (exact) mass is 1290 g/mol. The van der Waals surface area contributed by atoms with Gasteiger partial charge in [-0.05, 0) is 129 Å². The molecule has 11 N–H and O–H groups in total. The summed E-state index contributed by atoms with van der Waals surface area (Å²) in [5.41, 5.74) is 11.2. The number of hydrogen-bond acceptors (Lipinski definition) is 17. The number of ether oxygens (including phenoxy) is 5. The van der Waals surface area contributed by atoms with Gasteiger partial charge in [-0.25, -0.2) is 9.59 Å². The fraction of sp³-hybridized carbons (Fsp3) is 0.913. The minimum Gasteiger partial charge on any atom is -0.481 e. The summed E-state index contributed by atoms with van der Waals surface area (Å²) in [5, 5.41) is 25.1. The van der Waals surface area contributed by atoms with Crippen molar-refractivity contribution in [2.75, 3.05) is 84.5 Å². The van der Waals surface area contributed by atoms with Gasteiger partial charge in [-0.3, -0.25) is 18.7 Å². The van der Waals surface area contributed by atoms with Crippen LogP contribution in [0, 0.1) is 0 Å².